The summed E-state index contributed by atoms with van der Waals surface area (Å²) < 4.78 is 26.4. The molecule has 1 aliphatic rings. The van der Waals surface area contributed by atoms with Gasteiger partial charge in [0, 0.05) is 18.4 Å². The number of carbonyl (C=O) groups is 1. The fraction of sp³-hybridized carbons (Fsp3) is 0.364. The Morgan fingerprint density at radius 1 is 1.40 bits per heavy atom. The number of amides is 1. The van der Waals surface area contributed by atoms with Gasteiger partial charge in [0.05, 0.1) is 0 Å². The first-order valence-electron chi connectivity index (χ1n) is 4.82. The fourth-order valence-corrected chi connectivity index (χ4v) is 1.97. The molecule has 0 bridgehead atoms. The maximum absolute atomic E-state index is 13.4. The minimum Gasteiger partial charge on any atom is -0.353 e. The highest BCUT2D eigenvalue weighted by Crippen LogP contribution is 2.30. The quantitative estimate of drug-likeness (QED) is 0.755. The molecule has 0 saturated carbocycles. The number of hydrogen-bond donors (Lipinski definition) is 1. The van der Waals surface area contributed by atoms with Crippen LogP contribution in [0.15, 0.2) is 18.2 Å². The fourth-order valence-electron chi connectivity index (χ4n) is 1.97. The van der Waals surface area contributed by atoms with Gasteiger partial charge in [0.1, 0.15) is 11.6 Å². The Labute approximate surface area is 86.3 Å². The predicted octanol–water partition coefficient (Wildman–Crippen LogP) is 1.96. The van der Waals surface area contributed by atoms with Crippen molar-refractivity contribution in [1.82, 2.24) is 5.32 Å². The molecule has 2 rings (SSSR count). The molecule has 1 aliphatic heterocycles. The van der Waals surface area contributed by atoms with E-state index in [2.05, 4.69) is 5.32 Å². The molecule has 0 spiro atoms. The van der Waals surface area contributed by atoms with Crippen LogP contribution < -0.4 is 5.32 Å². The van der Waals surface area contributed by atoms with Crippen LogP contribution in [-0.2, 0) is 4.79 Å². The number of rotatable bonds is 1. The third kappa shape index (κ3) is 1.84. The summed E-state index contributed by atoms with van der Waals surface area (Å²) in [6.07, 6.45) is 0.224. The lowest BCUT2D eigenvalue weighted by Crippen LogP contribution is -2.24. The van der Waals surface area contributed by atoms with Gasteiger partial charge in [-0.15, -0.1) is 0 Å². The summed E-state index contributed by atoms with van der Waals surface area (Å²) in [5, 5.41) is 2.68. The lowest BCUT2D eigenvalue weighted by Gasteiger charge is -2.15. The van der Waals surface area contributed by atoms with Gasteiger partial charge in [-0.1, -0.05) is 0 Å². The van der Waals surface area contributed by atoms with Crippen LogP contribution in [-0.4, -0.2) is 11.9 Å². The van der Waals surface area contributed by atoms with Gasteiger partial charge < -0.3 is 5.32 Å². The zero-order chi connectivity index (χ0) is 11.0. The van der Waals surface area contributed by atoms with Gasteiger partial charge in [-0.25, -0.2) is 8.78 Å². The smallest absolute Gasteiger partial charge is 0.220 e. The second kappa shape index (κ2) is 3.61. The summed E-state index contributed by atoms with van der Waals surface area (Å²) in [5.74, 6) is -1.31. The van der Waals surface area contributed by atoms with Crippen molar-refractivity contribution in [2.45, 2.75) is 25.3 Å². The third-order valence-electron chi connectivity index (χ3n) is 2.76. The van der Waals surface area contributed by atoms with Gasteiger partial charge in [-0.05, 0) is 30.7 Å². The summed E-state index contributed by atoms with van der Waals surface area (Å²) in [4.78, 5) is 11.1. The van der Waals surface area contributed by atoms with Crippen molar-refractivity contribution in [2.75, 3.05) is 0 Å². The normalized spacial score (nSPS) is 25.4. The summed E-state index contributed by atoms with van der Waals surface area (Å²) in [7, 11) is 0. The second-order valence-corrected chi connectivity index (χ2v) is 3.83. The van der Waals surface area contributed by atoms with Crippen LogP contribution in [0.5, 0.6) is 0 Å². The topological polar surface area (TPSA) is 29.1 Å². The number of carbonyl (C=O) groups excluding carboxylic acids is 1. The Kier molecular flexibility index (Phi) is 2.42. The van der Waals surface area contributed by atoms with E-state index in [-0.39, 0.29) is 29.9 Å². The molecular formula is C11H11F2NO. The first-order chi connectivity index (χ1) is 7.08. The van der Waals surface area contributed by atoms with E-state index in [0.717, 1.165) is 18.2 Å². The van der Waals surface area contributed by atoms with Crippen LogP contribution in [0.25, 0.3) is 0 Å². The molecule has 1 amide bonds. The average Bonchev–Trinajstić information content (AvgIpc) is 2.50. The predicted molar refractivity (Wildman–Crippen MR) is 51.3 cm³/mol. The number of benzene rings is 1. The lowest BCUT2D eigenvalue weighted by molar-refractivity contribution is -0.119. The van der Waals surface area contributed by atoms with Crippen molar-refractivity contribution >= 4 is 5.91 Å². The van der Waals surface area contributed by atoms with Gasteiger partial charge in [0.15, 0.2) is 0 Å². The maximum atomic E-state index is 13.4. The van der Waals surface area contributed by atoms with Crippen LogP contribution >= 0.6 is 0 Å². The Hall–Kier alpha value is -1.45. The molecule has 0 radical (unpaired) electrons. The zero-order valence-corrected chi connectivity index (χ0v) is 8.26. The van der Waals surface area contributed by atoms with Gasteiger partial charge >= 0.3 is 0 Å². The SMILES string of the molecule is CC1NC(=O)CC1c1cc(F)ccc1F. The summed E-state index contributed by atoms with van der Waals surface area (Å²) in [5.41, 5.74) is 0.279. The summed E-state index contributed by atoms with van der Waals surface area (Å²) in [6, 6.07) is 3.19. The van der Waals surface area contributed by atoms with E-state index in [0.29, 0.717) is 0 Å². The van der Waals surface area contributed by atoms with Crippen LogP contribution in [0, 0.1) is 11.6 Å². The van der Waals surface area contributed by atoms with Crippen molar-refractivity contribution in [1.29, 1.82) is 0 Å². The van der Waals surface area contributed by atoms with E-state index in [4.69, 9.17) is 0 Å². The molecule has 1 heterocycles. The molecular weight excluding hydrogens is 200 g/mol. The van der Waals surface area contributed by atoms with E-state index in [1.165, 1.54) is 0 Å². The molecule has 2 unspecified atom stereocenters. The van der Waals surface area contributed by atoms with Crippen LogP contribution in [0.4, 0.5) is 8.78 Å². The average molecular weight is 211 g/mol. The van der Waals surface area contributed by atoms with Crippen LogP contribution in [0.2, 0.25) is 0 Å². The number of nitrogens with one attached hydrogen (secondary N) is 1. The molecule has 1 aromatic rings. The van der Waals surface area contributed by atoms with E-state index in [9.17, 15) is 13.6 Å². The molecule has 2 atom stereocenters. The largest absolute Gasteiger partial charge is 0.353 e. The second-order valence-electron chi connectivity index (χ2n) is 3.83. The highest BCUT2D eigenvalue weighted by molar-refractivity contribution is 5.80. The first kappa shape index (κ1) is 10.1. The monoisotopic (exact) mass is 211 g/mol. The molecule has 4 heteroatoms. The first-order valence-corrected chi connectivity index (χ1v) is 4.82. The van der Waals surface area contributed by atoms with E-state index >= 15 is 0 Å². The van der Waals surface area contributed by atoms with Crippen molar-refractivity contribution in [3.63, 3.8) is 0 Å². The maximum Gasteiger partial charge on any atom is 0.220 e. The molecule has 1 N–H and O–H groups in total. The Balaban J connectivity index is 2.36. The van der Waals surface area contributed by atoms with Crippen molar-refractivity contribution in [3.05, 3.63) is 35.4 Å². The van der Waals surface area contributed by atoms with E-state index in [1.54, 1.807) is 6.92 Å². The van der Waals surface area contributed by atoms with Crippen LogP contribution in [0.1, 0.15) is 24.8 Å². The lowest BCUT2D eigenvalue weighted by atomic mass is 9.92. The molecule has 1 saturated heterocycles. The Bertz CT molecular complexity index is 406. The number of halogens is 2. The summed E-state index contributed by atoms with van der Waals surface area (Å²) >= 11 is 0. The molecule has 1 fully saturated rings. The summed E-state index contributed by atoms with van der Waals surface area (Å²) in [6.45, 7) is 1.79. The zero-order valence-electron chi connectivity index (χ0n) is 8.26. The van der Waals surface area contributed by atoms with Gasteiger partial charge in [-0.2, -0.15) is 0 Å². The molecule has 2 nitrogen and oxygen atoms in total. The molecule has 15 heavy (non-hydrogen) atoms. The van der Waals surface area contributed by atoms with Gasteiger partial charge in [-0.3, -0.25) is 4.79 Å². The van der Waals surface area contributed by atoms with E-state index < -0.39 is 11.6 Å². The Morgan fingerprint density at radius 3 is 2.73 bits per heavy atom. The van der Waals surface area contributed by atoms with Gasteiger partial charge in [0.25, 0.3) is 0 Å². The molecule has 1 aromatic carbocycles. The van der Waals surface area contributed by atoms with Crippen molar-refractivity contribution in [2.24, 2.45) is 0 Å². The van der Waals surface area contributed by atoms with Crippen LogP contribution in [0.3, 0.4) is 0 Å². The highest BCUT2D eigenvalue weighted by Gasteiger charge is 2.32. The van der Waals surface area contributed by atoms with Gasteiger partial charge in [0.2, 0.25) is 5.91 Å². The molecule has 0 aromatic heterocycles. The third-order valence-corrected chi connectivity index (χ3v) is 2.76. The van der Waals surface area contributed by atoms with E-state index in [1.807, 2.05) is 0 Å². The van der Waals surface area contributed by atoms with Crippen molar-refractivity contribution < 1.29 is 13.6 Å². The minimum atomic E-state index is -0.474. The highest BCUT2D eigenvalue weighted by atomic mass is 19.1. The minimum absolute atomic E-state index is 0.115. The van der Waals surface area contributed by atoms with Crippen molar-refractivity contribution in [3.8, 4) is 0 Å². The Morgan fingerprint density at radius 2 is 2.13 bits per heavy atom. The standard InChI is InChI=1S/C11H11F2NO/c1-6-8(5-11(15)14-6)9-4-7(12)2-3-10(9)13/h2-4,6,8H,5H2,1H3,(H,14,15). The molecule has 80 valence electrons. The number of hydrogen-bond acceptors (Lipinski definition) is 1. The molecule has 0 aliphatic carbocycles.